The van der Waals surface area contributed by atoms with E-state index in [1.807, 2.05) is 13.0 Å². The summed E-state index contributed by atoms with van der Waals surface area (Å²) >= 11 is 5.92. The van der Waals surface area contributed by atoms with E-state index in [4.69, 9.17) is 21.1 Å². The molecular weight excluding hydrogens is 447 g/mol. The van der Waals surface area contributed by atoms with Gasteiger partial charge in [-0.3, -0.25) is 9.59 Å². The number of benzene rings is 3. The van der Waals surface area contributed by atoms with E-state index < -0.39 is 17.6 Å². The number of anilines is 2. The normalized spacial score (nSPS) is 13.5. The van der Waals surface area contributed by atoms with Gasteiger partial charge < -0.3 is 14.8 Å². The quantitative estimate of drug-likeness (QED) is 0.506. The van der Waals surface area contributed by atoms with E-state index in [-0.39, 0.29) is 22.0 Å². The molecule has 33 heavy (non-hydrogen) atoms. The van der Waals surface area contributed by atoms with Crippen molar-refractivity contribution in [3.63, 3.8) is 0 Å². The number of aryl methyl sites for hydroxylation is 1. The highest BCUT2D eigenvalue weighted by Crippen LogP contribution is 2.39. The lowest BCUT2D eigenvalue weighted by molar-refractivity contribution is -0.120. The molecule has 0 unspecified atom stereocenters. The SMILES string of the molecule is COc1ccc(C)cc1NC1=C(c2ccccc2OC)C(=O)N(c2ccc(F)c(Cl)c2)C1=O. The molecule has 0 saturated carbocycles. The smallest absolute Gasteiger partial charge is 0.282 e. The van der Waals surface area contributed by atoms with Crippen molar-refractivity contribution in [1.29, 1.82) is 0 Å². The summed E-state index contributed by atoms with van der Waals surface area (Å²) in [6, 6.07) is 16.0. The maximum Gasteiger partial charge on any atom is 0.282 e. The van der Waals surface area contributed by atoms with Crippen LogP contribution in [0.5, 0.6) is 11.5 Å². The number of methoxy groups -OCH3 is 2. The number of carbonyl (C=O) groups excluding carboxylic acids is 2. The first kappa shape index (κ1) is 22.4. The first-order valence-corrected chi connectivity index (χ1v) is 10.4. The fraction of sp³-hybridized carbons (Fsp3) is 0.120. The summed E-state index contributed by atoms with van der Waals surface area (Å²) in [7, 11) is 2.99. The molecule has 2 amide bonds. The highest BCUT2D eigenvalue weighted by atomic mass is 35.5. The zero-order chi connectivity index (χ0) is 23.7. The van der Waals surface area contributed by atoms with Crippen molar-refractivity contribution in [3.8, 4) is 11.5 Å². The predicted molar refractivity (Wildman–Crippen MR) is 125 cm³/mol. The van der Waals surface area contributed by atoms with Gasteiger partial charge in [0, 0.05) is 5.56 Å². The van der Waals surface area contributed by atoms with Gasteiger partial charge >= 0.3 is 0 Å². The Balaban J connectivity index is 1.90. The summed E-state index contributed by atoms with van der Waals surface area (Å²) in [6.45, 7) is 1.90. The number of rotatable bonds is 6. The van der Waals surface area contributed by atoms with E-state index in [0.717, 1.165) is 16.5 Å². The zero-order valence-electron chi connectivity index (χ0n) is 18.1. The molecule has 3 aromatic carbocycles. The van der Waals surface area contributed by atoms with Crippen LogP contribution in [-0.2, 0) is 9.59 Å². The van der Waals surface area contributed by atoms with Gasteiger partial charge in [0.05, 0.1) is 36.2 Å². The number of halogens is 2. The number of nitrogens with zero attached hydrogens (tertiary/aromatic N) is 1. The number of amides is 2. The molecule has 0 fully saturated rings. The minimum absolute atomic E-state index is 0.0360. The third-order valence-corrected chi connectivity index (χ3v) is 5.53. The van der Waals surface area contributed by atoms with Crippen LogP contribution in [-0.4, -0.2) is 26.0 Å². The Hall–Kier alpha value is -3.84. The van der Waals surface area contributed by atoms with Crippen molar-refractivity contribution >= 4 is 40.4 Å². The molecule has 0 aromatic heterocycles. The van der Waals surface area contributed by atoms with Crippen LogP contribution in [0.25, 0.3) is 5.57 Å². The fourth-order valence-corrected chi connectivity index (χ4v) is 3.83. The van der Waals surface area contributed by atoms with Gasteiger partial charge in [-0.25, -0.2) is 9.29 Å². The average Bonchev–Trinajstić information content (AvgIpc) is 3.05. The molecular formula is C25H20ClFN2O4. The van der Waals surface area contributed by atoms with E-state index in [1.54, 1.807) is 36.4 Å². The first-order valence-electron chi connectivity index (χ1n) is 9.99. The van der Waals surface area contributed by atoms with Crippen molar-refractivity contribution in [1.82, 2.24) is 0 Å². The monoisotopic (exact) mass is 466 g/mol. The van der Waals surface area contributed by atoms with E-state index in [0.29, 0.717) is 22.7 Å². The lowest BCUT2D eigenvalue weighted by atomic mass is 10.0. The van der Waals surface area contributed by atoms with Crippen molar-refractivity contribution in [2.24, 2.45) is 0 Å². The predicted octanol–water partition coefficient (Wildman–Crippen LogP) is 5.20. The van der Waals surface area contributed by atoms with Crippen molar-refractivity contribution < 1.29 is 23.5 Å². The van der Waals surface area contributed by atoms with Crippen LogP contribution in [0.15, 0.2) is 66.4 Å². The average molecular weight is 467 g/mol. The summed E-state index contributed by atoms with van der Waals surface area (Å²) in [6.07, 6.45) is 0. The summed E-state index contributed by atoms with van der Waals surface area (Å²) < 4.78 is 24.6. The summed E-state index contributed by atoms with van der Waals surface area (Å²) in [5.74, 6) is -0.951. The Bertz CT molecular complexity index is 1310. The molecule has 0 saturated heterocycles. The molecule has 4 rings (SSSR count). The highest BCUT2D eigenvalue weighted by Gasteiger charge is 2.41. The Morgan fingerprint density at radius 2 is 1.64 bits per heavy atom. The zero-order valence-corrected chi connectivity index (χ0v) is 18.9. The van der Waals surface area contributed by atoms with Crippen molar-refractivity contribution in [2.75, 3.05) is 24.4 Å². The number of carbonyl (C=O) groups is 2. The Morgan fingerprint density at radius 3 is 2.33 bits per heavy atom. The van der Waals surface area contributed by atoms with E-state index >= 15 is 0 Å². The van der Waals surface area contributed by atoms with Crippen LogP contribution in [0.4, 0.5) is 15.8 Å². The topological polar surface area (TPSA) is 67.9 Å². The number of imide groups is 1. The van der Waals surface area contributed by atoms with Crippen LogP contribution >= 0.6 is 11.6 Å². The van der Waals surface area contributed by atoms with E-state index in [1.165, 1.54) is 26.4 Å². The lowest BCUT2D eigenvalue weighted by Crippen LogP contribution is -2.32. The van der Waals surface area contributed by atoms with Gasteiger partial charge in [-0.05, 0) is 48.9 Å². The summed E-state index contributed by atoms with van der Waals surface area (Å²) in [5.41, 5.74) is 2.17. The number of nitrogens with one attached hydrogen (secondary N) is 1. The molecule has 1 aliphatic heterocycles. The molecule has 1 N–H and O–H groups in total. The van der Waals surface area contributed by atoms with Crippen molar-refractivity contribution in [2.45, 2.75) is 6.92 Å². The maximum absolute atomic E-state index is 13.7. The molecule has 1 heterocycles. The molecule has 0 radical (unpaired) electrons. The van der Waals surface area contributed by atoms with Crippen LogP contribution < -0.4 is 19.7 Å². The second kappa shape index (κ2) is 8.96. The third-order valence-electron chi connectivity index (χ3n) is 5.24. The largest absolute Gasteiger partial charge is 0.496 e. The second-order valence-electron chi connectivity index (χ2n) is 7.32. The highest BCUT2D eigenvalue weighted by molar-refractivity contribution is 6.46. The van der Waals surface area contributed by atoms with Gasteiger partial charge in [-0.15, -0.1) is 0 Å². The fourth-order valence-electron chi connectivity index (χ4n) is 3.66. The molecule has 0 spiro atoms. The van der Waals surface area contributed by atoms with Gasteiger partial charge in [0.1, 0.15) is 23.0 Å². The van der Waals surface area contributed by atoms with Crippen LogP contribution in [0.3, 0.4) is 0 Å². The van der Waals surface area contributed by atoms with Gasteiger partial charge in [0.15, 0.2) is 0 Å². The minimum atomic E-state index is -0.653. The minimum Gasteiger partial charge on any atom is -0.496 e. The number of hydrogen-bond donors (Lipinski definition) is 1. The van der Waals surface area contributed by atoms with Crippen LogP contribution in [0.1, 0.15) is 11.1 Å². The molecule has 3 aromatic rings. The van der Waals surface area contributed by atoms with Crippen LogP contribution in [0, 0.1) is 12.7 Å². The van der Waals surface area contributed by atoms with Gasteiger partial charge in [-0.2, -0.15) is 0 Å². The van der Waals surface area contributed by atoms with Gasteiger partial charge in [0.2, 0.25) is 0 Å². The second-order valence-corrected chi connectivity index (χ2v) is 7.73. The molecule has 1 aliphatic rings. The Morgan fingerprint density at radius 1 is 0.909 bits per heavy atom. The van der Waals surface area contributed by atoms with Crippen LogP contribution in [0.2, 0.25) is 5.02 Å². The van der Waals surface area contributed by atoms with Gasteiger partial charge in [0.25, 0.3) is 11.8 Å². The lowest BCUT2D eigenvalue weighted by Gasteiger charge is -2.16. The number of para-hydroxylation sites is 1. The molecule has 0 atom stereocenters. The van der Waals surface area contributed by atoms with Gasteiger partial charge in [-0.1, -0.05) is 35.9 Å². The molecule has 0 aliphatic carbocycles. The van der Waals surface area contributed by atoms with E-state index in [9.17, 15) is 14.0 Å². The summed E-state index contributed by atoms with van der Waals surface area (Å²) in [5, 5.41) is 2.89. The standard InChI is InChI=1S/C25H20ClFN2O4/c1-14-8-11-21(33-3)19(12-14)28-23-22(16-6-4-5-7-20(16)32-2)24(30)29(25(23)31)15-9-10-18(27)17(26)13-15/h4-13,28H,1-3H3. The Kier molecular flexibility index (Phi) is 6.07. The molecule has 168 valence electrons. The molecule has 0 bridgehead atoms. The Labute approximate surface area is 195 Å². The van der Waals surface area contributed by atoms with Crippen molar-refractivity contribution in [3.05, 3.63) is 88.3 Å². The summed E-state index contributed by atoms with van der Waals surface area (Å²) in [4.78, 5) is 28.1. The number of ether oxygens (including phenoxy) is 2. The first-order chi connectivity index (χ1) is 15.8. The molecule has 6 nitrogen and oxygen atoms in total. The molecule has 8 heteroatoms. The maximum atomic E-state index is 13.7. The number of hydrogen-bond acceptors (Lipinski definition) is 5. The van der Waals surface area contributed by atoms with E-state index in [2.05, 4.69) is 5.32 Å². The third kappa shape index (κ3) is 4.03.